The molecule has 0 radical (unpaired) electrons. The third kappa shape index (κ3) is 2.19. The molecule has 68 valence electrons. The van der Waals surface area contributed by atoms with Crippen molar-refractivity contribution in [2.45, 2.75) is 13.3 Å². The van der Waals surface area contributed by atoms with Crippen LogP contribution in [0, 0.1) is 6.92 Å². The molecule has 0 bridgehead atoms. The van der Waals surface area contributed by atoms with Crippen LogP contribution >= 0.6 is 0 Å². The fourth-order valence-electron chi connectivity index (χ4n) is 1.61. The highest BCUT2D eigenvalue weighted by Crippen LogP contribution is 2.12. The molecule has 1 aromatic rings. The fourth-order valence-corrected chi connectivity index (χ4v) is 1.61. The lowest BCUT2D eigenvalue weighted by atomic mass is 10.1. The molecule has 13 heavy (non-hydrogen) atoms. The Balaban J connectivity index is 2.17. The van der Waals surface area contributed by atoms with Gasteiger partial charge in [0.05, 0.1) is 0 Å². The molecule has 0 saturated carbocycles. The van der Waals surface area contributed by atoms with Gasteiger partial charge in [-0.15, -0.1) is 0 Å². The van der Waals surface area contributed by atoms with Crippen LogP contribution in [0.2, 0.25) is 0 Å². The van der Waals surface area contributed by atoms with Gasteiger partial charge >= 0.3 is 0 Å². The van der Waals surface area contributed by atoms with Gasteiger partial charge in [0.2, 0.25) is 0 Å². The van der Waals surface area contributed by atoms with E-state index < -0.39 is 0 Å². The normalized spacial score (nSPS) is 19.6. The summed E-state index contributed by atoms with van der Waals surface area (Å²) in [7, 11) is 0. The Hall–Kier alpha value is -1.08. The van der Waals surface area contributed by atoms with Crippen molar-refractivity contribution in [1.82, 2.24) is 5.32 Å². The Morgan fingerprint density at radius 2 is 2.00 bits per heavy atom. The van der Waals surface area contributed by atoms with Crippen molar-refractivity contribution in [3.05, 3.63) is 41.0 Å². The fraction of sp³-hybridized carbons (Fsp3) is 0.333. The van der Waals surface area contributed by atoms with E-state index in [0.717, 1.165) is 13.1 Å². The second kappa shape index (κ2) is 3.75. The molecule has 1 aliphatic heterocycles. The largest absolute Gasteiger partial charge is 0.313 e. The summed E-state index contributed by atoms with van der Waals surface area (Å²) >= 11 is 0. The Morgan fingerprint density at radius 3 is 2.62 bits per heavy atom. The zero-order chi connectivity index (χ0) is 9.10. The van der Waals surface area contributed by atoms with Gasteiger partial charge in [0, 0.05) is 6.54 Å². The summed E-state index contributed by atoms with van der Waals surface area (Å²) in [5.41, 5.74) is 4.17. The molecule has 1 aromatic carbocycles. The van der Waals surface area contributed by atoms with E-state index in [-0.39, 0.29) is 0 Å². The first kappa shape index (κ1) is 8.52. The summed E-state index contributed by atoms with van der Waals surface area (Å²) in [4.78, 5) is 0. The highest BCUT2D eigenvalue weighted by atomic mass is 14.9. The van der Waals surface area contributed by atoms with Crippen LogP contribution in [-0.2, 0) is 0 Å². The Kier molecular flexibility index (Phi) is 2.46. The molecule has 1 heterocycles. The molecular weight excluding hydrogens is 158 g/mol. The summed E-state index contributed by atoms with van der Waals surface area (Å²) in [6.07, 6.45) is 3.49. The Morgan fingerprint density at radius 1 is 1.23 bits per heavy atom. The molecule has 1 nitrogen and oxygen atoms in total. The maximum atomic E-state index is 3.34. The van der Waals surface area contributed by atoms with Gasteiger partial charge in [-0.1, -0.05) is 41.5 Å². The van der Waals surface area contributed by atoms with E-state index in [1.54, 1.807) is 0 Å². The predicted molar refractivity (Wildman–Crippen MR) is 56.6 cm³/mol. The maximum absolute atomic E-state index is 3.34. The third-order valence-electron chi connectivity index (χ3n) is 2.42. The van der Waals surface area contributed by atoms with Crippen LogP contribution in [0.4, 0.5) is 0 Å². The molecule has 0 unspecified atom stereocenters. The highest BCUT2D eigenvalue weighted by molar-refractivity contribution is 5.54. The molecule has 0 amide bonds. The average molecular weight is 173 g/mol. The van der Waals surface area contributed by atoms with Gasteiger partial charge in [0.15, 0.2) is 0 Å². The zero-order valence-corrected chi connectivity index (χ0v) is 8.01. The molecule has 1 aliphatic rings. The first-order valence-corrected chi connectivity index (χ1v) is 4.81. The van der Waals surface area contributed by atoms with Gasteiger partial charge in [-0.3, -0.25) is 0 Å². The first-order chi connectivity index (χ1) is 6.34. The number of aryl methyl sites for hydroxylation is 1. The topological polar surface area (TPSA) is 12.0 Å². The summed E-state index contributed by atoms with van der Waals surface area (Å²) in [6.45, 7) is 4.32. The molecule has 0 aromatic heterocycles. The van der Waals surface area contributed by atoms with Gasteiger partial charge < -0.3 is 5.32 Å². The van der Waals surface area contributed by atoms with Crippen LogP contribution in [0.1, 0.15) is 17.5 Å². The number of nitrogens with one attached hydrogen (secondary N) is 1. The van der Waals surface area contributed by atoms with Crippen LogP contribution in [0.5, 0.6) is 0 Å². The number of hydrogen-bond acceptors (Lipinski definition) is 1. The van der Waals surface area contributed by atoms with Crippen LogP contribution in [0.25, 0.3) is 6.08 Å². The van der Waals surface area contributed by atoms with E-state index in [1.165, 1.54) is 23.1 Å². The maximum Gasteiger partial charge on any atom is 0.0168 e. The molecule has 1 N–H and O–H groups in total. The lowest BCUT2D eigenvalue weighted by Gasteiger charge is -1.97. The molecule has 2 rings (SSSR count). The minimum atomic E-state index is 1.06. The van der Waals surface area contributed by atoms with E-state index in [0.29, 0.717) is 0 Å². The number of rotatable bonds is 1. The zero-order valence-electron chi connectivity index (χ0n) is 8.01. The third-order valence-corrected chi connectivity index (χ3v) is 2.42. The van der Waals surface area contributed by atoms with Crippen molar-refractivity contribution >= 4 is 6.08 Å². The van der Waals surface area contributed by atoms with E-state index >= 15 is 0 Å². The average Bonchev–Trinajstić information content (AvgIpc) is 2.62. The second-order valence-corrected chi connectivity index (χ2v) is 3.64. The molecule has 0 aliphatic carbocycles. The summed E-state index contributed by atoms with van der Waals surface area (Å²) < 4.78 is 0. The van der Waals surface area contributed by atoms with Crippen LogP contribution in [0.3, 0.4) is 0 Å². The molecule has 1 fully saturated rings. The SMILES string of the molecule is Cc1ccc(/C=C2/CCNC2)cc1. The van der Waals surface area contributed by atoms with E-state index in [4.69, 9.17) is 0 Å². The monoisotopic (exact) mass is 173 g/mol. The molecule has 1 saturated heterocycles. The van der Waals surface area contributed by atoms with Crippen molar-refractivity contribution in [2.75, 3.05) is 13.1 Å². The van der Waals surface area contributed by atoms with Crippen molar-refractivity contribution < 1.29 is 0 Å². The minimum Gasteiger partial charge on any atom is -0.313 e. The molecule has 1 heteroatoms. The van der Waals surface area contributed by atoms with Crippen molar-refractivity contribution in [2.24, 2.45) is 0 Å². The second-order valence-electron chi connectivity index (χ2n) is 3.64. The lowest BCUT2D eigenvalue weighted by Crippen LogP contribution is -2.04. The van der Waals surface area contributed by atoms with Gasteiger partial charge in [-0.25, -0.2) is 0 Å². The van der Waals surface area contributed by atoms with Crippen molar-refractivity contribution in [3.8, 4) is 0 Å². The van der Waals surface area contributed by atoms with Crippen LogP contribution in [0.15, 0.2) is 29.8 Å². The molecule has 0 atom stereocenters. The van der Waals surface area contributed by atoms with Gasteiger partial charge in [-0.05, 0) is 25.5 Å². The van der Waals surface area contributed by atoms with E-state index in [2.05, 4.69) is 42.6 Å². The van der Waals surface area contributed by atoms with Crippen molar-refractivity contribution in [3.63, 3.8) is 0 Å². The van der Waals surface area contributed by atoms with E-state index in [9.17, 15) is 0 Å². The van der Waals surface area contributed by atoms with Crippen molar-refractivity contribution in [1.29, 1.82) is 0 Å². The molecule has 0 spiro atoms. The Labute approximate surface area is 79.5 Å². The smallest absolute Gasteiger partial charge is 0.0168 e. The quantitative estimate of drug-likeness (QED) is 0.687. The molecular formula is C12H15N. The first-order valence-electron chi connectivity index (χ1n) is 4.81. The van der Waals surface area contributed by atoms with Crippen LogP contribution < -0.4 is 5.32 Å². The predicted octanol–water partition coefficient (Wildman–Crippen LogP) is 2.37. The van der Waals surface area contributed by atoms with E-state index in [1.807, 2.05) is 0 Å². The van der Waals surface area contributed by atoms with Gasteiger partial charge in [0.1, 0.15) is 0 Å². The number of hydrogen-bond donors (Lipinski definition) is 1. The minimum absolute atomic E-state index is 1.06. The Bertz CT molecular complexity index is 300. The summed E-state index contributed by atoms with van der Waals surface area (Å²) in [5.74, 6) is 0. The highest BCUT2D eigenvalue weighted by Gasteiger charge is 2.04. The van der Waals surface area contributed by atoms with Crippen LogP contribution in [-0.4, -0.2) is 13.1 Å². The van der Waals surface area contributed by atoms with Gasteiger partial charge in [-0.2, -0.15) is 0 Å². The summed E-state index contributed by atoms with van der Waals surface area (Å²) in [6, 6.07) is 8.69. The lowest BCUT2D eigenvalue weighted by molar-refractivity contribution is 0.862. The summed E-state index contributed by atoms with van der Waals surface area (Å²) in [5, 5.41) is 3.34. The number of benzene rings is 1. The van der Waals surface area contributed by atoms with Gasteiger partial charge in [0.25, 0.3) is 0 Å². The standard InChI is InChI=1S/C12H15N/c1-10-2-4-11(5-3-10)8-12-6-7-13-9-12/h2-5,8,13H,6-7,9H2,1H3/b12-8-.